The number of amidine groups is 1. The van der Waals surface area contributed by atoms with Crippen molar-refractivity contribution >= 4 is 29.5 Å². The lowest BCUT2D eigenvalue weighted by Crippen LogP contribution is -2.41. The van der Waals surface area contributed by atoms with E-state index in [1.807, 2.05) is 67.6 Å². The zero-order valence-corrected chi connectivity index (χ0v) is 23.7. The van der Waals surface area contributed by atoms with E-state index in [0.29, 0.717) is 30.9 Å². The van der Waals surface area contributed by atoms with Gasteiger partial charge in [-0.25, -0.2) is 4.79 Å². The second-order valence-electron chi connectivity index (χ2n) is 10.6. The van der Waals surface area contributed by atoms with Gasteiger partial charge >= 0.3 is 12.1 Å². The average Bonchev–Trinajstić information content (AvgIpc) is 3.38. The van der Waals surface area contributed by atoms with Crippen LogP contribution in [0.2, 0.25) is 0 Å². The Morgan fingerprint density at radius 2 is 1.55 bits per heavy atom. The van der Waals surface area contributed by atoms with Crippen LogP contribution in [0.4, 0.5) is 10.5 Å². The van der Waals surface area contributed by atoms with Gasteiger partial charge < -0.3 is 14.8 Å². The Labute approximate surface area is 245 Å². The smallest absolute Gasteiger partial charge is 0.414 e. The molecule has 9 heteroatoms. The predicted molar refractivity (Wildman–Crippen MR) is 160 cm³/mol. The molecule has 3 aromatic rings. The average molecular weight is 569 g/mol. The molecule has 2 N–H and O–H groups in total. The molecule has 0 saturated carbocycles. The third kappa shape index (κ3) is 6.86. The standard InChI is InChI=1S/C33H36N4O5/c1-2-41-32(39)26-17-19-36(20-18-26)21-28-22-37(33(40)42-28)27-15-13-25(14-16-27)30(34)35-31(38)29(23-9-5-3-6-10-23)24-11-7-4-8-12-24/h3-16,26,28-29H,2,17-22H2,1H3,(H2,34,35,38). The second-order valence-corrected chi connectivity index (χ2v) is 10.6. The maximum Gasteiger partial charge on any atom is 0.414 e. The molecule has 2 amide bonds. The number of hydrogen-bond donors (Lipinski definition) is 2. The zero-order valence-electron chi connectivity index (χ0n) is 23.7. The molecule has 3 aromatic carbocycles. The number of rotatable bonds is 9. The molecule has 0 radical (unpaired) electrons. The molecule has 42 heavy (non-hydrogen) atoms. The molecule has 2 heterocycles. The number of nitrogens with zero attached hydrogens (tertiary/aromatic N) is 2. The van der Waals surface area contributed by atoms with Gasteiger partial charge in [0.25, 0.3) is 0 Å². The number of anilines is 1. The van der Waals surface area contributed by atoms with Crippen molar-refractivity contribution in [2.75, 3.05) is 37.7 Å². The number of hydrogen-bond acceptors (Lipinski definition) is 7. The van der Waals surface area contributed by atoms with Gasteiger partial charge in [0.05, 0.1) is 25.0 Å². The summed E-state index contributed by atoms with van der Waals surface area (Å²) >= 11 is 0. The van der Waals surface area contributed by atoms with E-state index in [1.54, 1.807) is 29.2 Å². The van der Waals surface area contributed by atoms with Gasteiger partial charge in [0.1, 0.15) is 11.9 Å². The first-order chi connectivity index (χ1) is 20.4. The van der Waals surface area contributed by atoms with Crippen molar-refractivity contribution in [3.63, 3.8) is 0 Å². The van der Waals surface area contributed by atoms with E-state index in [4.69, 9.17) is 14.9 Å². The van der Waals surface area contributed by atoms with Gasteiger partial charge in [0.15, 0.2) is 0 Å². The number of carbonyl (C=O) groups excluding carboxylic acids is 3. The predicted octanol–water partition coefficient (Wildman–Crippen LogP) is 4.56. The number of esters is 1. The molecule has 5 rings (SSSR count). The van der Waals surface area contributed by atoms with E-state index in [9.17, 15) is 14.4 Å². The molecule has 2 fully saturated rings. The highest BCUT2D eigenvalue weighted by atomic mass is 16.6. The van der Waals surface area contributed by atoms with E-state index in [1.165, 1.54) is 0 Å². The fourth-order valence-electron chi connectivity index (χ4n) is 5.59. The van der Waals surface area contributed by atoms with Crippen LogP contribution in [0.25, 0.3) is 0 Å². The molecule has 0 bridgehead atoms. The second kappa shape index (κ2) is 13.4. The fourth-order valence-corrected chi connectivity index (χ4v) is 5.59. The summed E-state index contributed by atoms with van der Waals surface area (Å²) in [6.07, 6.45) is 0.794. The first kappa shape index (κ1) is 29.0. The minimum Gasteiger partial charge on any atom is -0.466 e. The van der Waals surface area contributed by atoms with Crippen LogP contribution in [0.3, 0.4) is 0 Å². The molecule has 0 aliphatic carbocycles. The van der Waals surface area contributed by atoms with Crippen molar-refractivity contribution in [1.29, 1.82) is 5.41 Å². The first-order valence-electron chi connectivity index (χ1n) is 14.4. The lowest BCUT2D eigenvalue weighted by atomic mass is 9.90. The molecule has 2 aliphatic heterocycles. The highest BCUT2D eigenvalue weighted by Gasteiger charge is 2.35. The quantitative estimate of drug-likeness (QED) is 0.222. The van der Waals surface area contributed by atoms with Crippen LogP contribution < -0.4 is 10.2 Å². The maximum atomic E-state index is 13.4. The Balaban J connectivity index is 1.17. The van der Waals surface area contributed by atoms with E-state index in [0.717, 1.165) is 37.1 Å². The number of amides is 2. The SMILES string of the molecule is CCOC(=O)C1CCN(CC2CN(c3ccc(C(=N)NC(=O)C(c4ccccc4)c4ccccc4)cc3)C(=O)O2)CC1. The van der Waals surface area contributed by atoms with Gasteiger partial charge in [-0.2, -0.15) is 0 Å². The third-order valence-corrected chi connectivity index (χ3v) is 7.79. The number of likely N-dealkylation sites (tertiary alicyclic amines) is 1. The number of ether oxygens (including phenoxy) is 2. The molecule has 0 spiro atoms. The normalized spacial score (nSPS) is 17.6. The van der Waals surface area contributed by atoms with Gasteiger partial charge in [-0.05, 0) is 68.2 Å². The summed E-state index contributed by atoms with van der Waals surface area (Å²) in [6, 6.07) is 26.0. The Morgan fingerprint density at radius 1 is 0.952 bits per heavy atom. The lowest BCUT2D eigenvalue weighted by Gasteiger charge is -2.31. The molecule has 2 aliphatic rings. The van der Waals surface area contributed by atoms with Crippen LogP contribution in [0, 0.1) is 11.3 Å². The summed E-state index contributed by atoms with van der Waals surface area (Å²) in [5.74, 6) is -1.05. The van der Waals surface area contributed by atoms with Crippen molar-refractivity contribution in [3.8, 4) is 0 Å². The van der Waals surface area contributed by atoms with Crippen molar-refractivity contribution in [3.05, 3.63) is 102 Å². The van der Waals surface area contributed by atoms with E-state index in [2.05, 4.69) is 10.2 Å². The molecule has 1 atom stereocenters. The highest BCUT2D eigenvalue weighted by molar-refractivity contribution is 6.08. The number of nitrogens with one attached hydrogen (secondary N) is 2. The molecule has 9 nitrogen and oxygen atoms in total. The van der Waals surface area contributed by atoms with Crippen LogP contribution in [-0.4, -0.2) is 67.6 Å². The maximum absolute atomic E-state index is 13.4. The summed E-state index contributed by atoms with van der Waals surface area (Å²) in [7, 11) is 0. The molecule has 1 unspecified atom stereocenters. The van der Waals surface area contributed by atoms with Crippen molar-refractivity contribution in [2.24, 2.45) is 5.92 Å². The first-order valence-corrected chi connectivity index (χ1v) is 14.4. The summed E-state index contributed by atoms with van der Waals surface area (Å²) in [4.78, 5) is 41.9. The molecular formula is C33H36N4O5. The molecular weight excluding hydrogens is 532 g/mol. The van der Waals surface area contributed by atoms with Gasteiger partial charge in [0.2, 0.25) is 5.91 Å². The summed E-state index contributed by atoms with van der Waals surface area (Å²) in [5.41, 5.74) is 2.88. The minimum atomic E-state index is -0.556. The Morgan fingerprint density at radius 3 is 2.12 bits per heavy atom. The molecule has 2 saturated heterocycles. The van der Waals surface area contributed by atoms with Crippen molar-refractivity contribution in [1.82, 2.24) is 10.2 Å². The highest BCUT2D eigenvalue weighted by Crippen LogP contribution is 2.26. The Kier molecular flexibility index (Phi) is 9.28. The van der Waals surface area contributed by atoms with Crippen LogP contribution >= 0.6 is 0 Å². The summed E-state index contributed by atoms with van der Waals surface area (Å²) < 4.78 is 10.8. The van der Waals surface area contributed by atoms with E-state index in [-0.39, 0.29) is 29.7 Å². The fraction of sp³-hybridized carbons (Fsp3) is 0.333. The van der Waals surface area contributed by atoms with Crippen LogP contribution in [0.5, 0.6) is 0 Å². The Hall–Kier alpha value is -4.50. The lowest BCUT2D eigenvalue weighted by molar-refractivity contribution is -0.149. The van der Waals surface area contributed by atoms with Gasteiger partial charge in [-0.1, -0.05) is 60.7 Å². The van der Waals surface area contributed by atoms with Crippen LogP contribution in [-0.2, 0) is 19.1 Å². The topological polar surface area (TPSA) is 112 Å². The third-order valence-electron chi connectivity index (χ3n) is 7.79. The van der Waals surface area contributed by atoms with Gasteiger partial charge in [-0.15, -0.1) is 0 Å². The van der Waals surface area contributed by atoms with E-state index >= 15 is 0 Å². The number of cyclic esters (lactones) is 1. The zero-order chi connectivity index (χ0) is 29.5. The van der Waals surface area contributed by atoms with Gasteiger partial charge in [-0.3, -0.25) is 24.8 Å². The monoisotopic (exact) mass is 568 g/mol. The molecule has 218 valence electrons. The number of piperidine rings is 1. The van der Waals surface area contributed by atoms with Crippen LogP contribution in [0.15, 0.2) is 84.9 Å². The van der Waals surface area contributed by atoms with Crippen molar-refractivity contribution < 1.29 is 23.9 Å². The summed E-state index contributed by atoms with van der Waals surface area (Å²) in [5, 5.41) is 11.3. The molecule has 0 aromatic heterocycles. The largest absolute Gasteiger partial charge is 0.466 e. The Bertz CT molecular complexity index is 1350. The summed E-state index contributed by atoms with van der Waals surface area (Å²) in [6.45, 7) is 4.76. The van der Waals surface area contributed by atoms with E-state index < -0.39 is 12.0 Å². The van der Waals surface area contributed by atoms with Crippen molar-refractivity contribution in [2.45, 2.75) is 31.8 Å². The van der Waals surface area contributed by atoms with Gasteiger partial charge in [0, 0.05) is 17.8 Å². The number of benzene rings is 3. The number of carbonyl (C=O) groups is 3. The van der Waals surface area contributed by atoms with Crippen LogP contribution in [0.1, 0.15) is 42.4 Å². The minimum absolute atomic E-state index is 0.0171.